The van der Waals surface area contributed by atoms with Gasteiger partial charge in [0.2, 0.25) is 5.91 Å². The molecule has 1 saturated heterocycles. The third-order valence-corrected chi connectivity index (χ3v) is 7.26. The highest BCUT2D eigenvalue weighted by Gasteiger charge is 2.44. The molecule has 1 aromatic heterocycles. The number of carbonyl (C=O) groups is 2. The van der Waals surface area contributed by atoms with Crippen molar-refractivity contribution in [1.82, 2.24) is 9.88 Å². The van der Waals surface area contributed by atoms with Crippen LogP contribution in [0.4, 0.5) is 5.82 Å². The van der Waals surface area contributed by atoms with Gasteiger partial charge < -0.3 is 15.3 Å². The molecule has 3 heterocycles. The Morgan fingerprint density at radius 3 is 2.84 bits per heavy atom. The van der Waals surface area contributed by atoms with Crippen molar-refractivity contribution < 1.29 is 14.7 Å². The number of nitrogens with one attached hydrogen (secondary N) is 1. The number of carboxylic acids is 1. The Hall–Kier alpha value is -2.89. The van der Waals surface area contributed by atoms with Crippen molar-refractivity contribution in [2.45, 2.75) is 50.4 Å². The molecule has 3 atom stereocenters. The van der Waals surface area contributed by atoms with Crippen molar-refractivity contribution in [2.75, 3.05) is 25.0 Å². The minimum absolute atomic E-state index is 0.0114. The Balaban J connectivity index is 1.25. The fourth-order valence-corrected chi connectivity index (χ4v) is 5.77. The number of piperidine rings is 1. The number of amides is 1. The van der Waals surface area contributed by atoms with Gasteiger partial charge in [-0.2, -0.15) is 0 Å². The molecule has 1 fully saturated rings. The molecule has 162 valence electrons. The number of carbonyl (C=O) groups excluding carboxylic acids is 1. The number of rotatable bonds is 5. The largest absolute Gasteiger partial charge is 0.481 e. The first-order valence-electron chi connectivity index (χ1n) is 11.4. The number of nitrogens with zero attached hydrogens (tertiary/aromatic N) is 2. The van der Waals surface area contributed by atoms with Crippen molar-refractivity contribution in [3.05, 3.63) is 58.8 Å². The molecule has 6 heteroatoms. The van der Waals surface area contributed by atoms with Crippen LogP contribution in [-0.4, -0.2) is 46.5 Å². The minimum atomic E-state index is -0.768. The van der Waals surface area contributed by atoms with Gasteiger partial charge in [0.1, 0.15) is 5.82 Å². The molecule has 6 nitrogen and oxygen atoms in total. The van der Waals surface area contributed by atoms with Crippen LogP contribution in [0.25, 0.3) is 0 Å². The van der Waals surface area contributed by atoms with Crippen molar-refractivity contribution in [2.24, 2.45) is 5.92 Å². The van der Waals surface area contributed by atoms with E-state index in [0.717, 1.165) is 43.9 Å². The molecule has 31 heavy (non-hydrogen) atoms. The summed E-state index contributed by atoms with van der Waals surface area (Å²) in [6.07, 6.45) is 4.31. The molecule has 0 radical (unpaired) electrons. The molecule has 5 rings (SSSR count). The molecule has 1 aliphatic carbocycles. The SMILES string of the molecule is O=C(O)CC1c2ccccc2C2CCN(C(=O)CCc3ccc4c(n3)NCCC4)CC21. The monoisotopic (exact) mass is 419 g/mol. The predicted molar refractivity (Wildman–Crippen MR) is 118 cm³/mol. The maximum Gasteiger partial charge on any atom is 0.303 e. The van der Waals surface area contributed by atoms with E-state index in [1.54, 1.807) is 0 Å². The van der Waals surface area contributed by atoms with Crippen LogP contribution in [0.3, 0.4) is 0 Å². The summed E-state index contributed by atoms with van der Waals surface area (Å²) in [6, 6.07) is 12.4. The summed E-state index contributed by atoms with van der Waals surface area (Å²) < 4.78 is 0. The van der Waals surface area contributed by atoms with Gasteiger partial charge in [-0.3, -0.25) is 9.59 Å². The lowest BCUT2D eigenvalue weighted by atomic mass is 9.80. The summed E-state index contributed by atoms with van der Waals surface area (Å²) in [5, 5.41) is 12.8. The summed E-state index contributed by atoms with van der Waals surface area (Å²) in [5.74, 6) is 0.891. The van der Waals surface area contributed by atoms with E-state index >= 15 is 0 Å². The second-order valence-electron chi connectivity index (χ2n) is 9.07. The van der Waals surface area contributed by atoms with Gasteiger partial charge in [0, 0.05) is 31.7 Å². The fourth-order valence-electron chi connectivity index (χ4n) is 5.77. The number of pyridine rings is 1. The van der Waals surface area contributed by atoms with E-state index in [2.05, 4.69) is 23.5 Å². The first-order chi connectivity index (χ1) is 15.1. The van der Waals surface area contributed by atoms with Crippen LogP contribution in [0, 0.1) is 5.92 Å². The van der Waals surface area contributed by atoms with Gasteiger partial charge in [0.05, 0.1) is 6.42 Å². The molecule has 1 aromatic carbocycles. The van der Waals surface area contributed by atoms with Gasteiger partial charge in [-0.25, -0.2) is 4.98 Å². The first-order valence-corrected chi connectivity index (χ1v) is 11.4. The third kappa shape index (κ3) is 3.91. The number of hydrogen-bond donors (Lipinski definition) is 2. The average molecular weight is 420 g/mol. The number of likely N-dealkylation sites (tertiary alicyclic amines) is 1. The van der Waals surface area contributed by atoms with Gasteiger partial charge >= 0.3 is 5.97 Å². The van der Waals surface area contributed by atoms with Crippen LogP contribution >= 0.6 is 0 Å². The Bertz CT molecular complexity index is 1010. The zero-order valence-electron chi connectivity index (χ0n) is 17.7. The normalized spacial score (nSPS) is 24.0. The van der Waals surface area contributed by atoms with E-state index in [4.69, 9.17) is 4.98 Å². The Morgan fingerprint density at radius 1 is 1.16 bits per heavy atom. The summed E-state index contributed by atoms with van der Waals surface area (Å²) in [6.45, 7) is 2.35. The van der Waals surface area contributed by atoms with Gasteiger partial charge in [0.25, 0.3) is 0 Å². The predicted octanol–water partition coefficient (Wildman–Crippen LogP) is 3.58. The highest BCUT2D eigenvalue weighted by atomic mass is 16.4. The number of fused-ring (bicyclic) bond motifs is 4. The summed E-state index contributed by atoms with van der Waals surface area (Å²) in [7, 11) is 0. The van der Waals surface area contributed by atoms with Crippen LogP contribution in [0.1, 0.15) is 59.9 Å². The number of aromatic nitrogens is 1. The number of anilines is 1. The number of carboxylic acid groups (broad SMARTS) is 1. The maximum absolute atomic E-state index is 13.0. The highest BCUT2D eigenvalue weighted by molar-refractivity contribution is 5.77. The Kier molecular flexibility index (Phi) is 5.38. The fraction of sp³-hybridized carbons (Fsp3) is 0.480. The van der Waals surface area contributed by atoms with Crippen molar-refractivity contribution >= 4 is 17.7 Å². The molecule has 2 aliphatic heterocycles. The van der Waals surface area contributed by atoms with E-state index in [0.29, 0.717) is 25.3 Å². The molecule has 0 bridgehead atoms. The van der Waals surface area contributed by atoms with Gasteiger partial charge in [-0.15, -0.1) is 0 Å². The molecule has 0 spiro atoms. The molecule has 3 aliphatic rings. The van der Waals surface area contributed by atoms with E-state index in [1.807, 2.05) is 23.1 Å². The molecular weight excluding hydrogens is 390 g/mol. The minimum Gasteiger partial charge on any atom is -0.481 e. The van der Waals surface area contributed by atoms with Crippen LogP contribution in [0.5, 0.6) is 0 Å². The van der Waals surface area contributed by atoms with Gasteiger partial charge in [-0.1, -0.05) is 30.3 Å². The van der Waals surface area contributed by atoms with E-state index in [-0.39, 0.29) is 24.2 Å². The maximum atomic E-state index is 13.0. The zero-order valence-corrected chi connectivity index (χ0v) is 17.7. The number of aryl methyl sites for hydroxylation is 2. The molecule has 0 saturated carbocycles. The van der Waals surface area contributed by atoms with Gasteiger partial charge in [-0.05, 0) is 66.2 Å². The van der Waals surface area contributed by atoms with Crippen molar-refractivity contribution in [1.29, 1.82) is 0 Å². The molecule has 2 aromatic rings. The topological polar surface area (TPSA) is 82.5 Å². The summed E-state index contributed by atoms with van der Waals surface area (Å²) in [4.78, 5) is 31.2. The second-order valence-corrected chi connectivity index (χ2v) is 9.07. The summed E-state index contributed by atoms with van der Waals surface area (Å²) in [5.41, 5.74) is 4.67. The van der Waals surface area contributed by atoms with Crippen LogP contribution < -0.4 is 5.32 Å². The zero-order chi connectivity index (χ0) is 21.4. The first kappa shape index (κ1) is 20.0. The van der Waals surface area contributed by atoms with Crippen LogP contribution in [0.15, 0.2) is 36.4 Å². The lowest BCUT2D eigenvalue weighted by molar-refractivity contribution is -0.138. The number of aliphatic carboxylic acids is 1. The smallest absolute Gasteiger partial charge is 0.303 e. The van der Waals surface area contributed by atoms with Crippen LogP contribution in [0.2, 0.25) is 0 Å². The molecule has 1 amide bonds. The quantitative estimate of drug-likeness (QED) is 0.774. The Labute approximate surface area is 182 Å². The van der Waals surface area contributed by atoms with Crippen LogP contribution in [-0.2, 0) is 22.4 Å². The van der Waals surface area contributed by atoms with Crippen molar-refractivity contribution in [3.63, 3.8) is 0 Å². The Morgan fingerprint density at radius 2 is 2.00 bits per heavy atom. The number of benzene rings is 1. The lowest BCUT2D eigenvalue weighted by Crippen LogP contribution is -2.43. The molecule has 3 unspecified atom stereocenters. The van der Waals surface area contributed by atoms with E-state index in [1.165, 1.54) is 16.7 Å². The number of hydrogen-bond acceptors (Lipinski definition) is 4. The molecular formula is C25H29N3O3. The highest BCUT2D eigenvalue weighted by Crippen LogP contribution is 2.51. The van der Waals surface area contributed by atoms with Crippen molar-refractivity contribution in [3.8, 4) is 0 Å². The molecule has 2 N–H and O–H groups in total. The van der Waals surface area contributed by atoms with Gasteiger partial charge in [0.15, 0.2) is 0 Å². The second kappa shape index (κ2) is 8.33. The van der Waals surface area contributed by atoms with E-state index < -0.39 is 5.97 Å². The third-order valence-electron chi connectivity index (χ3n) is 7.26. The lowest BCUT2D eigenvalue weighted by Gasteiger charge is -2.37. The van der Waals surface area contributed by atoms with E-state index in [9.17, 15) is 14.7 Å². The average Bonchev–Trinajstić information content (AvgIpc) is 3.10. The summed E-state index contributed by atoms with van der Waals surface area (Å²) >= 11 is 0. The standard InChI is InChI=1S/C25H29N3O3/c29-23(10-9-17-8-7-16-4-3-12-26-25(16)27-17)28-13-11-20-18-5-1-2-6-19(18)21(14-24(30)31)22(20)15-28/h1-2,5-8,20-22H,3-4,9-15H2,(H,26,27)(H,30,31).